The monoisotopic (exact) mass is 262 g/mol. The van der Waals surface area contributed by atoms with Gasteiger partial charge in [-0.25, -0.2) is 0 Å². The molecule has 0 fully saturated rings. The lowest BCUT2D eigenvalue weighted by Gasteiger charge is -2.29. The number of rotatable bonds is 6. The fourth-order valence-corrected chi connectivity index (χ4v) is 2.09. The summed E-state index contributed by atoms with van der Waals surface area (Å²) in [6.07, 6.45) is 0.814. The Morgan fingerprint density at radius 3 is 2.32 bits per heavy atom. The van der Waals surface area contributed by atoms with Gasteiger partial charge < -0.3 is 11.1 Å². The van der Waals surface area contributed by atoms with E-state index in [2.05, 4.69) is 19.2 Å². The van der Waals surface area contributed by atoms with Gasteiger partial charge in [0.15, 0.2) is 0 Å². The number of carbonyl (C=O) groups is 1. The second-order valence-corrected chi connectivity index (χ2v) is 5.89. The number of nitrogens with two attached hydrogens (primary N) is 1. The van der Waals surface area contributed by atoms with E-state index in [1.165, 1.54) is 0 Å². The van der Waals surface area contributed by atoms with Crippen molar-refractivity contribution in [1.82, 2.24) is 5.32 Å². The summed E-state index contributed by atoms with van der Waals surface area (Å²) in [4.78, 5) is 12.5. The molecule has 1 aromatic rings. The van der Waals surface area contributed by atoms with Crippen molar-refractivity contribution >= 4 is 5.91 Å². The number of nitrogens with one attached hydrogen (secondary N) is 1. The molecule has 0 bridgehead atoms. The van der Waals surface area contributed by atoms with Crippen LogP contribution < -0.4 is 11.1 Å². The summed E-state index contributed by atoms with van der Waals surface area (Å²) in [5.41, 5.74) is 6.12. The molecular weight excluding hydrogens is 236 g/mol. The third-order valence-electron chi connectivity index (χ3n) is 3.66. The highest BCUT2D eigenvalue weighted by Crippen LogP contribution is 2.23. The maximum Gasteiger partial charge on any atom is 0.230 e. The van der Waals surface area contributed by atoms with Crippen LogP contribution in [0.5, 0.6) is 0 Å². The number of carbonyl (C=O) groups excluding carboxylic acids is 1. The first-order chi connectivity index (χ1) is 8.89. The zero-order chi connectivity index (χ0) is 14.5. The number of hydrogen-bond acceptors (Lipinski definition) is 2. The van der Waals surface area contributed by atoms with Crippen molar-refractivity contribution in [3.63, 3.8) is 0 Å². The minimum Gasteiger partial charge on any atom is -0.352 e. The van der Waals surface area contributed by atoms with Crippen LogP contribution in [0.1, 0.15) is 39.7 Å². The van der Waals surface area contributed by atoms with E-state index in [4.69, 9.17) is 5.73 Å². The third-order valence-corrected chi connectivity index (χ3v) is 3.66. The molecule has 3 nitrogen and oxygen atoms in total. The van der Waals surface area contributed by atoms with Crippen molar-refractivity contribution in [3.8, 4) is 0 Å². The van der Waals surface area contributed by atoms with E-state index in [9.17, 15) is 4.79 Å². The Balaban J connectivity index is 2.81. The van der Waals surface area contributed by atoms with Crippen LogP contribution >= 0.6 is 0 Å². The minimum atomic E-state index is -0.525. The van der Waals surface area contributed by atoms with Gasteiger partial charge in [-0.05, 0) is 38.3 Å². The Morgan fingerprint density at radius 1 is 1.26 bits per heavy atom. The second-order valence-electron chi connectivity index (χ2n) is 5.89. The number of amides is 1. The molecule has 0 radical (unpaired) electrons. The molecule has 0 saturated heterocycles. The number of benzene rings is 1. The molecule has 0 saturated carbocycles. The molecule has 0 spiro atoms. The third kappa shape index (κ3) is 4.06. The average molecular weight is 262 g/mol. The smallest absolute Gasteiger partial charge is 0.230 e. The quantitative estimate of drug-likeness (QED) is 0.827. The van der Waals surface area contributed by atoms with Crippen LogP contribution in [0.4, 0.5) is 0 Å². The lowest BCUT2D eigenvalue weighted by Crippen LogP contribution is -2.47. The van der Waals surface area contributed by atoms with Crippen molar-refractivity contribution in [1.29, 1.82) is 0 Å². The topological polar surface area (TPSA) is 55.1 Å². The van der Waals surface area contributed by atoms with Crippen LogP contribution in [0.15, 0.2) is 30.3 Å². The molecule has 3 heteroatoms. The molecule has 1 amide bonds. The molecule has 0 aromatic heterocycles. The molecule has 19 heavy (non-hydrogen) atoms. The molecule has 0 heterocycles. The molecule has 1 atom stereocenters. The maximum absolute atomic E-state index is 12.5. The van der Waals surface area contributed by atoms with Gasteiger partial charge in [-0.15, -0.1) is 0 Å². The summed E-state index contributed by atoms with van der Waals surface area (Å²) >= 11 is 0. The van der Waals surface area contributed by atoms with Crippen molar-refractivity contribution in [2.75, 3.05) is 6.54 Å². The maximum atomic E-state index is 12.5. The SMILES string of the molecule is CC(C)C(CCN)NC(=O)C(C)(C)c1ccccc1. The van der Waals surface area contributed by atoms with Crippen molar-refractivity contribution < 1.29 is 4.79 Å². The number of hydrogen-bond donors (Lipinski definition) is 2. The van der Waals surface area contributed by atoms with Crippen LogP contribution in [0.2, 0.25) is 0 Å². The van der Waals surface area contributed by atoms with Crippen molar-refractivity contribution in [2.45, 2.75) is 45.6 Å². The predicted molar refractivity (Wildman–Crippen MR) is 79.9 cm³/mol. The predicted octanol–water partition coefficient (Wildman–Crippen LogP) is 2.45. The normalized spacial score (nSPS) is 13.4. The summed E-state index contributed by atoms with van der Waals surface area (Å²) in [6.45, 7) is 8.72. The van der Waals surface area contributed by atoms with Crippen LogP contribution in [-0.2, 0) is 10.2 Å². The van der Waals surface area contributed by atoms with Crippen molar-refractivity contribution in [2.24, 2.45) is 11.7 Å². The Bertz CT molecular complexity index is 398. The fraction of sp³-hybridized carbons (Fsp3) is 0.562. The molecular formula is C16H26N2O. The van der Waals surface area contributed by atoms with E-state index < -0.39 is 5.41 Å². The van der Waals surface area contributed by atoms with Gasteiger partial charge in [-0.1, -0.05) is 44.2 Å². The standard InChI is InChI=1S/C16H26N2O/c1-12(2)14(10-11-17)18-15(19)16(3,4)13-8-6-5-7-9-13/h5-9,12,14H,10-11,17H2,1-4H3,(H,18,19). The van der Waals surface area contributed by atoms with Crippen LogP contribution in [0, 0.1) is 5.92 Å². The van der Waals surface area contributed by atoms with Gasteiger partial charge in [0.25, 0.3) is 0 Å². The first-order valence-electron chi connectivity index (χ1n) is 6.96. The van der Waals surface area contributed by atoms with E-state index in [1.807, 2.05) is 44.2 Å². The van der Waals surface area contributed by atoms with Crippen LogP contribution in [-0.4, -0.2) is 18.5 Å². The second kappa shape index (κ2) is 6.71. The zero-order valence-electron chi connectivity index (χ0n) is 12.4. The average Bonchev–Trinajstić information content (AvgIpc) is 2.38. The first-order valence-corrected chi connectivity index (χ1v) is 6.96. The van der Waals surface area contributed by atoms with Crippen molar-refractivity contribution in [3.05, 3.63) is 35.9 Å². The lowest BCUT2D eigenvalue weighted by molar-refractivity contribution is -0.126. The molecule has 0 aliphatic rings. The largest absolute Gasteiger partial charge is 0.352 e. The Labute approximate surface area is 116 Å². The Kier molecular flexibility index (Phi) is 5.55. The van der Waals surface area contributed by atoms with Gasteiger partial charge in [0.2, 0.25) is 5.91 Å². The Morgan fingerprint density at radius 2 is 1.84 bits per heavy atom. The summed E-state index contributed by atoms with van der Waals surface area (Å²) in [7, 11) is 0. The van der Waals surface area contributed by atoms with E-state index in [-0.39, 0.29) is 11.9 Å². The van der Waals surface area contributed by atoms with Crippen LogP contribution in [0.25, 0.3) is 0 Å². The van der Waals surface area contributed by atoms with E-state index in [0.29, 0.717) is 12.5 Å². The van der Waals surface area contributed by atoms with E-state index >= 15 is 0 Å². The van der Waals surface area contributed by atoms with Gasteiger partial charge >= 0.3 is 0 Å². The van der Waals surface area contributed by atoms with Crippen LogP contribution in [0.3, 0.4) is 0 Å². The highest BCUT2D eigenvalue weighted by molar-refractivity contribution is 5.87. The van der Waals surface area contributed by atoms with Gasteiger partial charge in [-0.3, -0.25) is 4.79 Å². The summed E-state index contributed by atoms with van der Waals surface area (Å²) in [5, 5.41) is 3.14. The molecule has 1 rings (SSSR count). The fourth-order valence-electron chi connectivity index (χ4n) is 2.09. The first kappa shape index (κ1) is 15.7. The summed E-state index contributed by atoms with van der Waals surface area (Å²) in [6, 6.07) is 10.0. The molecule has 3 N–H and O–H groups in total. The molecule has 1 unspecified atom stereocenters. The van der Waals surface area contributed by atoms with Gasteiger partial charge in [-0.2, -0.15) is 0 Å². The summed E-state index contributed by atoms with van der Waals surface area (Å²) < 4.78 is 0. The minimum absolute atomic E-state index is 0.0610. The molecule has 0 aliphatic heterocycles. The highest BCUT2D eigenvalue weighted by Gasteiger charge is 2.31. The Hall–Kier alpha value is -1.35. The molecule has 106 valence electrons. The lowest BCUT2D eigenvalue weighted by atomic mass is 9.83. The molecule has 0 aliphatic carbocycles. The van der Waals surface area contributed by atoms with E-state index in [1.54, 1.807) is 0 Å². The molecule has 1 aromatic carbocycles. The zero-order valence-corrected chi connectivity index (χ0v) is 12.4. The van der Waals surface area contributed by atoms with Gasteiger partial charge in [0.1, 0.15) is 0 Å². The summed E-state index contributed by atoms with van der Waals surface area (Å²) in [5.74, 6) is 0.449. The highest BCUT2D eigenvalue weighted by atomic mass is 16.2. The van der Waals surface area contributed by atoms with E-state index in [0.717, 1.165) is 12.0 Å². The van der Waals surface area contributed by atoms with Gasteiger partial charge in [0, 0.05) is 6.04 Å². The van der Waals surface area contributed by atoms with Gasteiger partial charge in [0.05, 0.1) is 5.41 Å².